The Balaban J connectivity index is 1.89. The number of hydrogen-bond donors (Lipinski definition) is 1. The first-order valence-corrected chi connectivity index (χ1v) is 6.65. The van der Waals surface area contributed by atoms with Crippen LogP contribution in [0, 0.1) is 0 Å². The van der Waals surface area contributed by atoms with Crippen molar-refractivity contribution in [3.8, 4) is 5.75 Å². The maximum atomic E-state index is 5.76. The summed E-state index contributed by atoms with van der Waals surface area (Å²) in [6, 6.07) is 12.1. The van der Waals surface area contributed by atoms with Crippen molar-refractivity contribution in [3.05, 3.63) is 53.7 Å². The fraction of sp³-hybridized carbons (Fsp3) is 0.312. The van der Waals surface area contributed by atoms with E-state index in [0.717, 1.165) is 30.2 Å². The molecule has 0 unspecified atom stereocenters. The van der Waals surface area contributed by atoms with E-state index in [1.807, 2.05) is 31.3 Å². The topological polar surface area (TPSA) is 43.4 Å². The number of methoxy groups -OCH3 is 1. The SMILES string of the molecule is CNc1cc(COc2ccc(CCOC)cc2)ccn1. The zero-order valence-corrected chi connectivity index (χ0v) is 11.9. The van der Waals surface area contributed by atoms with E-state index in [1.165, 1.54) is 5.56 Å². The largest absolute Gasteiger partial charge is 0.489 e. The van der Waals surface area contributed by atoms with E-state index >= 15 is 0 Å². The molecule has 2 aromatic rings. The molecule has 0 saturated heterocycles. The van der Waals surface area contributed by atoms with Crippen LogP contribution in [0.25, 0.3) is 0 Å². The number of pyridine rings is 1. The molecule has 2 rings (SSSR count). The quantitative estimate of drug-likeness (QED) is 0.841. The number of anilines is 1. The second kappa shape index (κ2) is 7.50. The van der Waals surface area contributed by atoms with E-state index in [4.69, 9.17) is 9.47 Å². The zero-order chi connectivity index (χ0) is 14.2. The van der Waals surface area contributed by atoms with Gasteiger partial charge in [-0.25, -0.2) is 4.98 Å². The molecule has 0 radical (unpaired) electrons. The molecule has 0 amide bonds. The summed E-state index contributed by atoms with van der Waals surface area (Å²) >= 11 is 0. The van der Waals surface area contributed by atoms with Crippen LogP contribution in [0.2, 0.25) is 0 Å². The molecule has 1 N–H and O–H groups in total. The highest BCUT2D eigenvalue weighted by Crippen LogP contribution is 2.15. The lowest BCUT2D eigenvalue weighted by Crippen LogP contribution is -1.99. The molecule has 0 saturated carbocycles. The fourth-order valence-corrected chi connectivity index (χ4v) is 1.84. The zero-order valence-electron chi connectivity index (χ0n) is 11.9. The first kappa shape index (κ1) is 14.3. The van der Waals surface area contributed by atoms with Crippen LogP contribution >= 0.6 is 0 Å². The molecular weight excluding hydrogens is 252 g/mol. The molecule has 0 bridgehead atoms. The molecule has 0 aliphatic heterocycles. The monoisotopic (exact) mass is 272 g/mol. The highest BCUT2D eigenvalue weighted by Gasteiger charge is 1.99. The first-order chi connectivity index (χ1) is 9.81. The minimum atomic E-state index is 0.536. The Morgan fingerprint density at radius 2 is 1.90 bits per heavy atom. The van der Waals surface area contributed by atoms with E-state index in [0.29, 0.717) is 6.61 Å². The van der Waals surface area contributed by atoms with Gasteiger partial charge in [-0.1, -0.05) is 12.1 Å². The van der Waals surface area contributed by atoms with Crippen molar-refractivity contribution in [2.24, 2.45) is 0 Å². The van der Waals surface area contributed by atoms with E-state index in [2.05, 4.69) is 22.4 Å². The minimum absolute atomic E-state index is 0.536. The Morgan fingerprint density at radius 3 is 2.60 bits per heavy atom. The Labute approximate surface area is 119 Å². The molecule has 1 aromatic heterocycles. The summed E-state index contributed by atoms with van der Waals surface area (Å²) in [7, 11) is 3.57. The van der Waals surface area contributed by atoms with E-state index < -0.39 is 0 Å². The third-order valence-electron chi connectivity index (χ3n) is 3.00. The van der Waals surface area contributed by atoms with Crippen molar-refractivity contribution in [1.82, 2.24) is 4.98 Å². The number of ether oxygens (including phenoxy) is 2. The Hall–Kier alpha value is -2.07. The average molecular weight is 272 g/mol. The predicted molar refractivity (Wildman–Crippen MR) is 80.1 cm³/mol. The van der Waals surface area contributed by atoms with Gasteiger partial charge in [-0.3, -0.25) is 0 Å². The number of nitrogens with zero attached hydrogens (tertiary/aromatic N) is 1. The van der Waals surface area contributed by atoms with Crippen molar-refractivity contribution in [2.75, 3.05) is 26.1 Å². The molecule has 106 valence electrons. The van der Waals surface area contributed by atoms with Crippen molar-refractivity contribution < 1.29 is 9.47 Å². The molecule has 4 heteroatoms. The van der Waals surface area contributed by atoms with E-state index in [1.54, 1.807) is 13.3 Å². The average Bonchev–Trinajstić information content (AvgIpc) is 2.52. The lowest BCUT2D eigenvalue weighted by molar-refractivity contribution is 0.202. The van der Waals surface area contributed by atoms with Crippen LogP contribution in [-0.2, 0) is 17.8 Å². The van der Waals surface area contributed by atoms with E-state index in [9.17, 15) is 0 Å². The van der Waals surface area contributed by atoms with Crippen LogP contribution in [0.5, 0.6) is 5.75 Å². The molecule has 0 aliphatic rings. The summed E-state index contributed by atoms with van der Waals surface area (Å²) in [5.74, 6) is 1.72. The second-order valence-corrected chi connectivity index (χ2v) is 4.47. The smallest absolute Gasteiger partial charge is 0.126 e. The van der Waals surface area contributed by atoms with Gasteiger partial charge in [0, 0.05) is 20.4 Å². The van der Waals surface area contributed by atoms with Crippen LogP contribution in [-0.4, -0.2) is 25.7 Å². The third-order valence-corrected chi connectivity index (χ3v) is 3.00. The van der Waals surface area contributed by atoms with Crippen LogP contribution in [0.1, 0.15) is 11.1 Å². The van der Waals surface area contributed by atoms with Gasteiger partial charge in [0.25, 0.3) is 0 Å². The maximum Gasteiger partial charge on any atom is 0.126 e. The molecule has 20 heavy (non-hydrogen) atoms. The Kier molecular flexibility index (Phi) is 5.38. The van der Waals surface area contributed by atoms with Crippen LogP contribution in [0.4, 0.5) is 5.82 Å². The number of aromatic nitrogens is 1. The summed E-state index contributed by atoms with van der Waals surface area (Å²) in [4.78, 5) is 4.17. The molecule has 0 fully saturated rings. The molecule has 0 aliphatic carbocycles. The molecule has 0 atom stereocenters. The highest BCUT2D eigenvalue weighted by molar-refractivity contribution is 5.36. The number of rotatable bonds is 7. The first-order valence-electron chi connectivity index (χ1n) is 6.65. The maximum absolute atomic E-state index is 5.76. The number of benzene rings is 1. The van der Waals surface area contributed by atoms with Crippen molar-refractivity contribution in [3.63, 3.8) is 0 Å². The van der Waals surface area contributed by atoms with Crippen LogP contribution < -0.4 is 10.1 Å². The van der Waals surface area contributed by atoms with E-state index in [-0.39, 0.29) is 0 Å². The van der Waals surface area contributed by atoms with Crippen LogP contribution in [0.3, 0.4) is 0 Å². The fourth-order valence-electron chi connectivity index (χ4n) is 1.84. The predicted octanol–water partition coefficient (Wildman–Crippen LogP) is 2.89. The normalized spacial score (nSPS) is 10.3. The number of nitrogens with one attached hydrogen (secondary N) is 1. The highest BCUT2D eigenvalue weighted by atomic mass is 16.5. The molecule has 4 nitrogen and oxygen atoms in total. The summed E-state index contributed by atoms with van der Waals surface area (Å²) in [6.45, 7) is 1.28. The van der Waals surface area contributed by atoms with Gasteiger partial charge in [-0.2, -0.15) is 0 Å². The standard InChI is InChI=1S/C16H20N2O2/c1-17-16-11-14(7-9-18-16)12-20-15-5-3-13(4-6-15)8-10-19-2/h3-7,9,11H,8,10,12H2,1-2H3,(H,17,18). The van der Waals surface area contributed by atoms with Crippen molar-refractivity contribution >= 4 is 5.82 Å². The second-order valence-electron chi connectivity index (χ2n) is 4.47. The van der Waals surface area contributed by atoms with Gasteiger partial charge < -0.3 is 14.8 Å². The lowest BCUT2D eigenvalue weighted by atomic mass is 10.1. The van der Waals surface area contributed by atoms with Gasteiger partial charge in [0.05, 0.1) is 6.61 Å². The molecule has 0 spiro atoms. The van der Waals surface area contributed by atoms with Crippen LogP contribution in [0.15, 0.2) is 42.6 Å². The minimum Gasteiger partial charge on any atom is -0.489 e. The summed E-state index contributed by atoms with van der Waals surface area (Å²) < 4.78 is 10.8. The Bertz CT molecular complexity index is 526. The summed E-state index contributed by atoms with van der Waals surface area (Å²) in [6.07, 6.45) is 2.70. The van der Waals surface area contributed by atoms with Crippen molar-refractivity contribution in [1.29, 1.82) is 0 Å². The van der Waals surface area contributed by atoms with Gasteiger partial charge in [-0.15, -0.1) is 0 Å². The van der Waals surface area contributed by atoms with Gasteiger partial charge in [0.1, 0.15) is 18.2 Å². The third kappa shape index (κ3) is 4.24. The van der Waals surface area contributed by atoms with Gasteiger partial charge in [0.2, 0.25) is 0 Å². The van der Waals surface area contributed by atoms with Gasteiger partial charge in [-0.05, 0) is 41.8 Å². The summed E-state index contributed by atoms with van der Waals surface area (Å²) in [5, 5.41) is 3.01. The Morgan fingerprint density at radius 1 is 1.10 bits per heavy atom. The number of hydrogen-bond acceptors (Lipinski definition) is 4. The lowest BCUT2D eigenvalue weighted by Gasteiger charge is -2.08. The van der Waals surface area contributed by atoms with Crippen molar-refractivity contribution in [2.45, 2.75) is 13.0 Å². The molecule has 1 heterocycles. The summed E-state index contributed by atoms with van der Waals surface area (Å²) in [5.41, 5.74) is 2.34. The molecular formula is C16H20N2O2. The molecule has 1 aromatic carbocycles. The van der Waals surface area contributed by atoms with Gasteiger partial charge >= 0.3 is 0 Å². The van der Waals surface area contributed by atoms with Gasteiger partial charge in [0.15, 0.2) is 0 Å².